The second-order valence-corrected chi connectivity index (χ2v) is 3.33. The van der Waals surface area contributed by atoms with Crippen LogP contribution in [0.4, 0.5) is 0 Å². The van der Waals surface area contributed by atoms with Crippen molar-refractivity contribution in [1.29, 1.82) is 0 Å². The van der Waals surface area contributed by atoms with E-state index in [9.17, 15) is 4.79 Å². The molecular formula is C8H5IN2O. The van der Waals surface area contributed by atoms with E-state index in [1.165, 1.54) is 6.07 Å². The van der Waals surface area contributed by atoms with Gasteiger partial charge in [-0.25, -0.2) is 2.78 Å². The van der Waals surface area contributed by atoms with E-state index in [1.54, 1.807) is 15.0 Å². The fourth-order valence-electron chi connectivity index (χ4n) is 1.04. The minimum Gasteiger partial charge on any atom is -0.269 e. The van der Waals surface area contributed by atoms with E-state index < -0.39 is 0 Å². The van der Waals surface area contributed by atoms with Crippen LogP contribution < -0.4 is 5.56 Å². The molecule has 3 nitrogen and oxygen atoms in total. The number of fused-ring (bicyclic) bond motifs is 1. The van der Waals surface area contributed by atoms with Gasteiger partial charge in [0, 0.05) is 12.3 Å². The standard InChI is InChI=1S/C8H5IN2O/c9-11-7-2-1-5-10-6(7)3-4-8(11)12/h1-5H. The highest BCUT2D eigenvalue weighted by Gasteiger charge is 1.98. The molecule has 2 heterocycles. The first kappa shape index (κ1) is 7.72. The first-order chi connectivity index (χ1) is 5.79. The predicted molar refractivity (Wildman–Crippen MR) is 55.4 cm³/mol. The molecule has 0 saturated carbocycles. The van der Waals surface area contributed by atoms with Crippen LogP contribution in [0.5, 0.6) is 0 Å². The fraction of sp³-hybridized carbons (Fsp3) is 0. The van der Waals surface area contributed by atoms with Crippen LogP contribution in [-0.2, 0) is 0 Å². The molecule has 0 amide bonds. The van der Waals surface area contributed by atoms with Gasteiger partial charge in [0.25, 0.3) is 5.56 Å². The quantitative estimate of drug-likeness (QED) is 0.683. The molecule has 2 rings (SSSR count). The summed E-state index contributed by atoms with van der Waals surface area (Å²) in [7, 11) is 0. The summed E-state index contributed by atoms with van der Waals surface area (Å²) in [6, 6.07) is 6.93. The van der Waals surface area contributed by atoms with E-state index in [2.05, 4.69) is 4.98 Å². The van der Waals surface area contributed by atoms with Crippen molar-refractivity contribution < 1.29 is 0 Å². The SMILES string of the molecule is O=c1ccc2ncccc2n1I. The molecule has 2 aromatic rings. The van der Waals surface area contributed by atoms with Crippen LogP contribution in [0.3, 0.4) is 0 Å². The summed E-state index contributed by atoms with van der Waals surface area (Å²) in [6.45, 7) is 0. The Morgan fingerprint density at radius 2 is 2.17 bits per heavy atom. The third-order valence-electron chi connectivity index (χ3n) is 1.60. The lowest BCUT2D eigenvalue weighted by molar-refractivity contribution is 1.24. The first-order valence-corrected chi connectivity index (χ1v) is 4.38. The summed E-state index contributed by atoms with van der Waals surface area (Å²) in [5.41, 5.74) is 1.67. The number of hydrogen-bond acceptors (Lipinski definition) is 2. The molecular weight excluding hydrogens is 267 g/mol. The molecule has 0 saturated heterocycles. The van der Waals surface area contributed by atoms with Gasteiger partial charge in [-0.15, -0.1) is 0 Å². The number of aromatic nitrogens is 2. The van der Waals surface area contributed by atoms with Crippen LogP contribution in [-0.4, -0.2) is 7.76 Å². The topological polar surface area (TPSA) is 34.9 Å². The molecule has 0 unspecified atom stereocenters. The molecule has 12 heavy (non-hydrogen) atoms. The van der Waals surface area contributed by atoms with E-state index in [0.717, 1.165) is 11.0 Å². The zero-order valence-corrected chi connectivity index (χ0v) is 8.22. The Morgan fingerprint density at radius 3 is 3.00 bits per heavy atom. The van der Waals surface area contributed by atoms with Crippen LogP contribution in [0.1, 0.15) is 0 Å². The highest BCUT2D eigenvalue weighted by Crippen LogP contribution is 2.09. The van der Waals surface area contributed by atoms with Gasteiger partial charge in [0.1, 0.15) is 0 Å². The van der Waals surface area contributed by atoms with E-state index in [1.807, 2.05) is 35.0 Å². The van der Waals surface area contributed by atoms with Crippen LogP contribution >= 0.6 is 22.9 Å². The van der Waals surface area contributed by atoms with E-state index in [0.29, 0.717) is 0 Å². The molecule has 0 bridgehead atoms. The summed E-state index contributed by atoms with van der Waals surface area (Å²) < 4.78 is 1.56. The summed E-state index contributed by atoms with van der Waals surface area (Å²) in [6.07, 6.45) is 1.71. The average molecular weight is 272 g/mol. The molecule has 0 aliphatic heterocycles. The first-order valence-electron chi connectivity index (χ1n) is 3.42. The van der Waals surface area contributed by atoms with Crippen molar-refractivity contribution in [3.05, 3.63) is 40.8 Å². The number of pyridine rings is 2. The van der Waals surface area contributed by atoms with Gasteiger partial charge in [-0.1, -0.05) is 0 Å². The van der Waals surface area contributed by atoms with E-state index in [4.69, 9.17) is 0 Å². The van der Waals surface area contributed by atoms with Crippen molar-refractivity contribution in [3.63, 3.8) is 0 Å². The molecule has 0 radical (unpaired) electrons. The van der Waals surface area contributed by atoms with Crippen molar-refractivity contribution in [2.75, 3.05) is 0 Å². The Balaban J connectivity index is 3.01. The Hall–Kier alpha value is -0.910. The molecule has 0 spiro atoms. The maximum atomic E-state index is 11.2. The maximum Gasteiger partial charge on any atom is 0.260 e. The molecule has 0 fully saturated rings. The fourth-order valence-corrected chi connectivity index (χ4v) is 1.61. The van der Waals surface area contributed by atoms with Crippen molar-refractivity contribution in [2.24, 2.45) is 0 Å². The third-order valence-corrected chi connectivity index (χ3v) is 2.60. The number of rotatable bonds is 0. The number of hydrogen-bond donors (Lipinski definition) is 0. The monoisotopic (exact) mass is 272 g/mol. The van der Waals surface area contributed by atoms with Gasteiger partial charge in [0.05, 0.1) is 33.9 Å². The Bertz CT molecular complexity index is 478. The van der Waals surface area contributed by atoms with E-state index >= 15 is 0 Å². The zero-order valence-electron chi connectivity index (χ0n) is 6.07. The number of nitrogens with zero attached hydrogens (tertiary/aromatic N) is 2. The summed E-state index contributed by atoms with van der Waals surface area (Å²) >= 11 is 1.97. The highest BCUT2D eigenvalue weighted by molar-refractivity contribution is 14.1. The van der Waals surface area contributed by atoms with Crippen LogP contribution in [0.2, 0.25) is 0 Å². The smallest absolute Gasteiger partial charge is 0.260 e. The number of halogens is 1. The second-order valence-electron chi connectivity index (χ2n) is 2.36. The van der Waals surface area contributed by atoms with Crippen molar-refractivity contribution in [1.82, 2.24) is 7.76 Å². The van der Waals surface area contributed by atoms with Crippen LogP contribution in [0.25, 0.3) is 11.0 Å². The third kappa shape index (κ3) is 1.12. The van der Waals surface area contributed by atoms with Crippen LogP contribution in [0, 0.1) is 0 Å². The van der Waals surface area contributed by atoms with Gasteiger partial charge in [-0.2, -0.15) is 0 Å². The van der Waals surface area contributed by atoms with Crippen LogP contribution in [0.15, 0.2) is 35.3 Å². The van der Waals surface area contributed by atoms with Gasteiger partial charge in [-0.05, 0) is 18.2 Å². The van der Waals surface area contributed by atoms with Crippen molar-refractivity contribution >= 4 is 33.9 Å². The van der Waals surface area contributed by atoms with Crippen molar-refractivity contribution in [3.8, 4) is 0 Å². The lowest BCUT2D eigenvalue weighted by Crippen LogP contribution is -2.10. The van der Waals surface area contributed by atoms with Gasteiger partial charge in [0.2, 0.25) is 0 Å². The molecule has 4 heteroatoms. The summed E-state index contributed by atoms with van der Waals surface area (Å²) in [4.78, 5) is 15.3. The Morgan fingerprint density at radius 1 is 1.33 bits per heavy atom. The predicted octanol–water partition coefficient (Wildman–Crippen LogP) is 1.59. The highest BCUT2D eigenvalue weighted by atomic mass is 127. The Labute approximate surface area is 82.5 Å². The maximum absolute atomic E-state index is 11.2. The van der Waals surface area contributed by atoms with E-state index in [-0.39, 0.29) is 5.56 Å². The van der Waals surface area contributed by atoms with Gasteiger partial charge < -0.3 is 0 Å². The second kappa shape index (κ2) is 2.85. The molecule has 60 valence electrons. The molecule has 0 N–H and O–H groups in total. The zero-order chi connectivity index (χ0) is 8.55. The largest absolute Gasteiger partial charge is 0.269 e. The molecule has 0 aliphatic carbocycles. The molecule has 0 aromatic carbocycles. The Kier molecular flexibility index (Phi) is 1.84. The average Bonchev–Trinajstić information content (AvgIpc) is 2.12. The minimum absolute atomic E-state index is 0.0175. The molecule has 0 aliphatic rings. The van der Waals surface area contributed by atoms with Gasteiger partial charge in [-0.3, -0.25) is 9.78 Å². The summed E-state index contributed by atoms with van der Waals surface area (Å²) in [5, 5.41) is 0. The lowest BCUT2D eigenvalue weighted by Gasteiger charge is -1.98. The lowest BCUT2D eigenvalue weighted by atomic mass is 10.3. The minimum atomic E-state index is -0.0175. The summed E-state index contributed by atoms with van der Waals surface area (Å²) in [5.74, 6) is 0. The normalized spacial score (nSPS) is 10.4. The van der Waals surface area contributed by atoms with Gasteiger partial charge >= 0.3 is 0 Å². The van der Waals surface area contributed by atoms with Crippen molar-refractivity contribution in [2.45, 2.75) is 0 Å². The molecule has 2 aromatic heterocycles. The van der Waals surface area contributed by atoms with Gasteiger partial charge in [0.15, 0.2) is 0 Å². The molecule has 0 atom stereocenters.